The number of hydrogen-bond donors (Lipinski definition) is 3. The molecule has 0 atom stereocenters. The van der Waals surface area contributed by atoms with Crippen LogP contribution in [0.5, 0.6) is 0 Å². The van der Waals surface area contributed by atoms with E-state index in [1.165, 1.54) is 12.1 Å². The Hall–Kier alpha value is -4.99. The number of carbonyl (C=O) groups excluding carboxylic acids is 1. The van der Waals surface area contributed by atoms with Gasteiger partial charge in [-0.3, -0.25) is 19.9 Å². The van der Waals surface area contributed by atoms with Crippen LogP contribution in [0.3, 0.4) is 0 Å². The molecule has 0 saturated heterocycles. The maximum atomic E-state index is 14.1. The molecule has 9 nitrogen and oxygen atoms in total. The van der Waals surface area contributed by atoms with E-state index in [1.54, 1.807) is 24.8 Å². The number of imidazole rings is 1. The van der Waals surface area contributed by atoms with E-state index in [4.69, 9.17) is 4.98 Å². The number of benzene rings is 1. The van der Waals surface area contributed by atoms with Crippen LogP contribution in [0.2, 0.25) is 0 Å². The summed E-state index contributed by atoms with van der Waals surface area (Å²) < 4.78 is 14.1. The molecule has 6 aromatic rings. The van der Waals surface area contributed by atoms with Gasteiger partial charge < -0.3 is 10.3 Å². The summed E-state index contributed by atoms with van der Waals surface area (Å²) in [6.07, 6.45) is 9.69. The third kappa shape index (κ3) is 4.19. The van der Waals surface area contributed by atoms with Gasteiger partial charge in [0.1, 0.15) is 11.5 Å². The van der Waals surface area contributed by atoms with E-state index < -0.39 is 0 Å². The number of aryl methyl sites for hydroxylation is 1. The number of halogens is 1. The summed E-state index contributed by atoms with van der Waals surface area (Å²) in [5.41, 5.74) is 7.02. The molecule has 1 aliphatic carbocycles. The Morgan fingerprint density at radius 2 is 1.95 bits per heavy atom. The van der Waals surface area contributed by atoms with Crippen LogP contribution in [0.1, 0.15) is 24.8 Å². The lowest BCUT2D eigenvalue weighted by Crippen LogP contribution is -2.28. The number of amides is 1. The minimum atomic E-state index is -0.297. The minimum absolute atomic E-state index is 0.0343. The molecule has 5 heterocycles. The van der Waals surface area contributed by atoms with Crippen molar-refractivity contribution < 1.29 is 9.18 Å². The minimum Gasteiger partial charge on any atom is -0.335 e. The van der Waals surface area contributed by atoms with Crippen LogP contribution >= 0.6 is 0 Å². The molecule has 1 saturated carbocycles. The number of rotatable bonds is 5. The summed E-state index contributed by atoms with van der Waals surface area (Å²) in [4.78, 5) is 33.8. The zero-order chi connectivity index (χ0) is 26.5. The Bertz CT molecular complexity index is 1870. The van der Waals surface area contributed by atoms with Crippen molar-refractivity contribution in [1.82, 2.24) is 35.1 Å². The Labute approximate surface area is 222 Å². The van der Waals surface area contributed by atoms with Gasteiger partial charge >= 0.3 is 0 Å². The number of anilines is 1. The zero-order valence-corrected chi connectivity index (χ0v) is 21.0. The molecule has 3 N–H and O–H groups in total. The number of hydrogen-bond acceptors (Lipinski definition) is 6. The van der Waals surface area contributed by atoms with Gasteiger partial charge in [0.25, 0.3) is 0 Å². The molecule has 10 heteroatoms. The number of nitrogens with zero attached hydrogens (tertiary/aromatic N) is 5. The van der Waals surface area contributed by atoms with Crippen molar-refractivity contribution in [3.05, 3.63) is 72.6 Å². The Morgan fingerprint density at radius 3 is 2.77 bits per heavy atom. The molecule has 1 aromatic carbocycles. The van der Waals surface area contributed by atoms with Crippen LogP contribution in [0.4, 0.5) is 10.1 Å². The van der Waals surface area contributed by atoms with Gasteiger partial charge in [-0.1, -0.05) is 12.5 Å². The van der Waals surface area contributed by atoms with Crippen LogP contribution in [-0.2, 0) is 4.79 Å². The molecular weight excluding hydrogens is 495 g/mol. The first-order valence-corrected chi connectivity index (χ1v) is 12.7. The lowest BCUT2D eigenvalue weighted by atomic mass is 9.85. The molecule has 0 radical (unpaired) electrons. The zero-order valence-electron chi connectivity index (χ0n) is 21.0. The number of aromatic amines is 2. The van der Waals surface area contributed by atoms with Crippen LogP contribution in [-0.4, -0.2) is 41.0 Å². The summed E-state index contributed by atoms with van der Waals surface area (Å²) in [5, 5.41) is 11.3. The van der Waals surface area contributed by atoms with Gasteiger partial charge in [-0.15, -0.1) is 0 Å². The second kappa shape index (κ2) is 9.09. The van der Waals surface area contributed by atoms with Crippen molar-refractivity contribution in [3.63, 3.8) is 0 Å². The van der Waals surface area contributed by atoms with E-state index in [9.17, 15) is 9.18 Å². The standard InChI is InChI=1S/C29H23FN8O/c1-15-7-17(9-19(30)8-15)21-5-6-32-27-25(21)35-28(36-27)26-22-11-23(33-14-24(22)37-38-26)18-10-20(13-31-12-18)34-29(39)16-3-2-4-16/h5-14,16H,2-4H2,1H3,(H,34,39)(H,37,38)(H,32,35,36). The van der Waals surface area contributed by atoms with Gasteiger partial charge in [0.2, 0.25) is 5.91 Å². The average molecular weight is 519 g/mol. The molecular formula is C29H23FN8O. The fraction of sp³-hybridized carbons (Fsp3) is 0.172. The topological polar surface area (TPSA) is 125 Å². The van der Waals surface area contributed by atoms with Gasteiger partial charge in [0, 0.05) is 34.8 Å². The fourth-order valence-electron chi connectivity index (χ4n) is 4.97. The molecule has 1 fully saturated rings. The number of pyridine rings is 3. The van der Waals surface area contributed by atoms with E-state index in [1.807, 2.05) is 31.2 Å². The highest BCUT2D eigenvalue weighted by Crippen LogP contribution is 2.33. The Kier molecular flexibility index (Phi) is 5.39. The van der Waals surface area contributed by atoms with E-state index in [-0.39, 0.29) is 17.6 Å². The smallest absolute Gasteiger partial charge is 0.227 e. The van der Waals surface area contributed by atoms with Crippen LogP contribution < -0.4 is 5.32 Å². The molecule has 0 spiro atoms. The molecule has 1 amide bonds. The van der Waals surface area contributed by atoms with Gasteiger partial charge in [-0.25, -0.2) is 14.4 Å². The van der Waals surface area contributed by atoms with Crippen molar-refractivity contribution >= 4 is 33.7 Å². The summed E-state index contributed by atoms with van der Waals surface area (Å²) in [6.45, 7) is 1.86. The second-order valence-electron chi connectivity index (χ2n) is 9.93. The lowest BCUT2D eigenvalue weighted by Gasteiger charge is -2.24. The predicted molar refractivity (Wildman–Crippen MR) is 146 cm³/mol. The van der Waals surface area contributed by atoms with Gasteiger partial charge in [0.15, 0.2) is 11.5 Å². The van der Waals surface area contributed by atoms with Crippen molar-refractivity contribution in [1.29, 1.82) is 0 Å². The summed E-state index contributed by atoms with van der Waals surface area (Å²) in [5.74, 6) is 0.350. The number of fused-ring (bicyclic) bond motifs is 2. The number of aromatic nitrogens is 7. The van der Waals surface area contributed by atoms with Gasteiger partial charge in [-0.2, -0.15) is 5.10 Å². The molecule has 0 bridgehead atoms. The molecule has 192 valence electrons. The number of H-pyrrole nitrogens is 2. The third-order valence-corrected chi connectivity index (χ3v) is 7.19. The van der Waals surface area contributed by atoms with E-state index >= 15 is 0 Å². The number of carbonyl (C=O) groups is 1. The van der Waals surface area contributed by atoms with E-state index in [0.29, 0.717) is 34.1 Å². The highest BCUT2D eigenvalue weighted by atomic mass is 19.1. The highest BCUT2D eigenvalue weighted by Gasteiger charge is 2.25. The van der Waals surface area contributed by atoms with Crippen molar-refractivity contribution in [2.75, 3.05) is 5.32 Å². The van der Waals surface area contributed by atoms with E-state index in [0.717, 1.165) is 52.4 Å². The molecule has 0 aliphatic heterocycles. The van der Waals surface area contributed by atoms with Gasteiger partial charge in [-0.05, 0) is 61.2 Å². The quantitative estimate of drug-likeness (QED) is 0.264. The maximum Gasteiger partial charge on any atom is 0.227 e. The monoisotopic (exact) mass is 518 g/mol. The lowest BCUT2D eigenvalue weighted by molar-refractivity contribution is -0.122. The van der Waals surface area contributed by atoms with Crippen LogP contribution in [0.15, 0.2) is 61.2 Å². The van der Waals surface area contributed by atoms with Crippen molar-refractivity contribution in [2.24, 2.45) is 5.92 Å². The molecule has 39 heavy (non-hydrogen) atoms. The second-order valence-corrected chi connectivity index (χ2v) is 9.93. The van der Waals surface area contributed by atoms with Gasteiger partial charge in [0.05, 0.1) is 34.8 Å². The van der Waals surface area contributed by atoms with Crippen molar-refractivity contribution in [2.45, 2.75) is 26.2 Å². The molecule has 1 aliphatic rings. The molecule has 5 aromatic heterocycles. The Balaban J connectivity index is 1.27. The third-order valence-electron chi connectivity index (χ3n) is 7.19. The Morgan fingerprint density at radius 1 is 1.05 bits per heavy atom. The first-order chi connectivity index (χ1) is 19.0. The fourth-order valence-corrected chi connectivity index (χ4v) is 4.97. The molecule has 7 rings (SSSR count). The summed E-state index contributed by atoms with van der Waals surface area (Å²) >= 11 is 0. The molecule has 0 unspecified atom stereocenters. The van der Waals surface area contributed by atoms with E-state index in [2.05, 4.69) is 35.5 Å². The van der Waals surface area contributed by atoms with Crippen molar-refractivity contribution in [3.8, 4) is 33.9 Å². The first-order valence-electron chi connectivity index (χ1n) is 12.7. The predicted octanol–water partition coefficient (Wildman–Crippen LogP) is 5.81. The maximum absolute atomic E-state index is 14.1. The largest absolute Gasteiger partial charge is 0.335 e. The SMILES string of the molecule is Cc1cc(F)cc(-c2ccnc3nc(-c4n[nH]c5cnc(-c6cncc(NC(=O)C7CCC7)c6)cc45)[nH]c23)c1. The average Bonchev–Trinajstić information content (AvgIpc) is 3.50. The van der Waals surface area contributed by atoms with Crippen LogP contribution in [0, 0.1) is 18.7 Å². The highest BCUT2D eigenvalue weighted by molar-refractivity contribution is 5.97. The summed E-state index contributed by atoms with van der Waals surface area (Å²) in [7, 11) is 0. The normalized spacial score (nSPS) is 13.6. The summed E-state index contributed by atoms with van der Waals surface area (Å²) in [6, 6.07) is 10.6. The number of nitrogens with one attached hydrogen (secondary N) is 3. The van der Waals surface area contributed by atoms with Crippen LogP contribution in [0.25, 0.3) is 56.0 Å². The first kappa shape index (κ1) is 23.2.